The molecule has 172 valence electrons. The number of carbonyl (C=O) groups excluding carboxylic acids is 1. The lowest BCUT2D eigenvalue weighted by molar-refractivity contribution is -0.172. The van der Waals surface area contributed by atoms with Crippen LogP contribution in [0.25, 0.3) is 27.8 Å². The van der Waals surface area contributed by atoms with Gasteiger partial charge in [-0.05, 0) is 30.7 Å². The lowest BCUT2D eigenvalue weighted by Crippen LogP contribution is -2.44. The van der Waals surface area contributed by atoms with Crippen LogP contribution >= 0.6 is 0 Å². The second kappa shape index (κ2) is 6.73. The van der Waals surface area contributed by atoms with Gasteiger partial charge >= 0.3 is 5.97 Å². The van der Waals surface area contributed by atoms with Crippen LogP contribution in [0.5, 0.6) is 0 Å². The maximum Gasteiger partial charge on any atom is 0.343 e. The molecule has 0 spiro atoms. The first-order valence-corrected chi connectivity index (χ1v) is 10.8. The number of carbonyl (C=O) groups is 1. The number of esters is 1. The molecule has 5 heterocycles. The molecule has 0 saturated heterocycles. The fraction of sp³-hybridized carbons (Fsp3) is 0.250. The first-order valence-electron chi connectivity index (χ1n) is 10.8. The predicted octanol–water partition coefficient (Wildman–Crippen LogP) is 1.71. The number of fused-ring (bicyclic) bond motifs is 5. The van der Waals surface area contributed by atoms with E-state index in [9.17, 15) is 23.9 Å². The van der Waals surface area contributed by atoms with Gasteiger partial charge in [-0.25, -0.2) is 9.18 Å². The van der Waals surface area contributed by atoms with E-state index in [4.69, 9.17) is 4.74 Å². The van der Waals surface area contributed by atoms with Crippen molar-refractivity contribution in [3.63, 3.8) is 0 Å². The van der Waals surface area contributed by atoms with E-state index in [2.05, 4.69) is 5.10 Å². The lowest BCUT2D eigenvalue weighted by Gasteiger charge is -2.31. The fourth-order valence-corrected chi connectivity index (χ4v) is 5.05. The summed E-state index contributed by atoms with van der Waals surface area (Å²) in [6.07, 6.45) is 3.37. The van der Waals surface area contributed by atoms with Gasteiger partial charge in [-0.2, -0.15) is 5.10 Å². The van der Waals surface area contributed by atoms with Crippen LogP contribution in [0.15, 0.2) is 46.2 Å². The number of rotatable bonds is 2. The standard InChI is InChI=1S/C24H19FN4O5/c1-3-24(33)16-7-18-20-19(10-28(18)22(31)15(16)11-34-23(24)32)29(13-8-26-27(2)9-13)17-5-4-12(25)6-14(17)21(20)30/h4-9,33H,3,10-11H2,1-2H3/t24-/m0/s1. The number of halogens is 1. The second-order valence-corrected chi connectivity index (χ2v) is 8.62. The van der Waals surface area contributed by atoms with E-state index < -0.39 is 28.4 Å². The average molecular weight is 462 g/mol. The van der Waals surface area contributed by atoms with Crippen LogP contribution in [0.1, 0.15) is 30.2 Å². The van der Waals surface area contributed by atoms with E-state index in [0.29, 0.717) is 16.9 Å². The second-order valence-electron chi connectivity index (χ2n) is 8.62. The Bertz CT molecular complexity index is 1680. The zero-order valence-corrected chi connectivity index (χ0v) is 18.3. The molecule has 10 heteroatoms. The summed E-state index contributed by atoms with van der Waals surface area (Å²) in [7, 11) is 1.75. The molecule has 2 aliphatic heterocycles. The molecule has 0 saturated carbocycles. The Kier molecular flexibility index (Phi) is 4.07. The van der Waals surface area contributed by atoms with Gasteiger partial charge in [0.25, 0.3) is 5.56 Å². The molecule has 1 aromatic carbocycles. The number of benzene rings is 1. The van der Waals surface area contributed by atoms with Gasteiger partial charge in [0.15, 0.2) is 11.0 Å². The largest absolute Gasteiger partial charge is 0.458 e. The van der Waals surface area contributed by atoms with Gasteiger partial charge in [0.2, 0.25) is 0 Å². The minimum atomic E-state index is -1.99. The molecule has 6 rings (SSSR count). The molecule has 4 aromatic rings. The van der Waals surface area contributed by atoms with Gasteiger partial charge in [0.1, 0.15) is 12.4 Å². The number of aromatic nitrogens is 4. The summed E-state index contributed by atoms with van der Waals surface area (Å²) in [4.78, 5) is 39.5. The Hall–Kier alpha value is -4.05. The third kappa shape index (κ3) is 2.51. The molecule has 0 unspecified atom stereocenters. The van der Waals surface area contributed by atoms with Crippen molar-refractivity contribution in [3.8, 4) is 16.9 Å². The van der Waals surface area contributed by atoms with E-state index in [-0.39, 0.29) is 47.3 Å². The van der Waals surface area contributed by atoms with Gasteiger partial charge in [-0.1, -0.05) is 6.92 Å². The van der Waals surface area contributed by atoms with Gasteiger partial charge in [-0.15, -0.1) is 0 Å². The van der Waals surface area contributed by atoms with E-state index in [1.54, 1.807) is 35.6 Å². The first kappa shape index (κ1) is 20.5. The normalized spacial score (nSPS) is 18.5. The molecule has 3 aromatic heterocycles. The highest BCUT2D eigenvalue weighted by Gasteiger charge is 2.45. The van der Waals surface area contributed by atoms with Crippen molar-refractivity contribution in [2.45, 2.75) is 32.1 Å². The number of aryl methyl sites for hydroxylation is 1. The van der Waals surface area contributed by atoms with Gasteiger partial charge in [0.05, 0.1) is 46.5 Å². The Morgan fingerprint density at radius 1 is 1.24 bits per heavy atom. The summed E-state index contributed by atoms with van der Waals surface area (Å²) < 4.78 is 24.1. The van der Waals surface area contributed by atoms with Crippen molar-refractivity contribution in [1.29, 1.82) is 0 Å². The Morgan fingerprint density at radius 3 is 2.74 bits per heavy atom. The highest BCUT2D eigenvalue weighted by atomic mass is 19.1. The van der Waals surface area contributed by atoms with Gasteiger partial charge in [-0.3, -0.25) is 14.3 Å². The number of cyclic esters (lactones) is 1. The molecule has 2 aliphatic rings. The number of hydrogen-bond donors (Lipinski definition) is 1. The topological polar surface area (TPSA) is 108 Å². The predicted molar refractivity (Wildman–Crippen MR) is 119 cm³/mol. The maximum atomic E-state index is 14.2. The molecular formula is C24H19FN4O5. The number of aliphatic hydroxyl groups is 1. The monoisotopic (exact) mass is 462 g/mol. The summed E-state index contributed by atoms with van der Waals surface area (Å²) in [5, 5.41) is 15.4. The molecule has 0 aliphatic carbocycles. The van der Waals surface area contributed by atoms with E-state index in [1.165, 1.54) is 28.8 Å². The summed E-state index contributed by atoms with van der Waals surface area (Å²) >= 11 is 0. The molecule has 1 N–H and O–H groups in total. The van der Waals surface area contributed by atoms with Crippen molar-refractivity contribution in [2.75, 3.05) is 0 Å². The zero-order chi connectivity index (χ0) is 23.9. The van der Waals surface area contributed by atoms with Crippen LogP contribution in [0, 0.1) is 5.82 Å². The quantitative estimate of drug-likeness (QED) is 0.400. The summed E-state index contributed by atoms with van der Waals surface area (Å²) in [5.41, 5.74) is -0.409. The molecule has 9 nitrogen and oxygen atoms in total. The van der Waals surface area contributed by atoms with Gasteiger partial charge < -0.3 is 19.0 Å². The van der Waals surface area contributed by atoms with Crippen molar-refractivity contribution in [3.05, 3.63) is 79.9 Å². The number of pyridine rings is 2. The number of ether oxygens (including phenoxy) is 1. The Morgan fingerprint density at radius 2 is 2.03 bits per heavy atom. The highest BCUT2D eigenvalue weighted by Crippen LogP contribution is 2.39. The van der Waals surface area contributed by atoms with Crippen LogP contribution in [-0.2, 0) is 35.3 Å². The molecule has 34 heavy (non-hydrogen) atoms. The first-order chi connectivity index (χ1) is 16.2. The molecule has 0 amide bonds. The SMILES string of the molecule is CC[C@@]1(O)C(=O)OCc2c1cc1n(c2=O)Cc2c-1c(=O)c1cc(F)ccc1n2-c1cnn(C)c1. The van der Waals surface area contributed by atoms with E-state index in [1.807, 2.05) is 0 Å². The number of nitrogens with zero attached hydrogens (tertiary/aromatic N) is 4. The molecule has 1 atom stereocenters. The molecule has 0 radical (unpaired) electrons. The molecule has 0 fully saturated rings. The van der Waals surface area contributed by atoms with Crippen LogP contribution in [-0.4, -0.2) is 30.0 Å². The lowest BCUT2D eigenvalue weighted by atomic mass is 9.86. The molecule has 0 bridgehead atoms. The van der Waals surface area contributed by atoms with Crippen molar-refractivity contribution in [2.24, 2.45) is 7.05 Å². The van der Waals surface area contributed by atoms with Crippen LogP contribution in [0.3, 0.4) is 0 Å². The summed E-state index contributed by atoms with van der Waals surface area (Å²) in [5.74, 6) is -1.40. The van der Waals surface area contributed by atoms with E-state index >= 15 is 0 Å². The zero-order valence-electron chi connectivity index (χ0n) is 18.3. The van der Waals surface area contributed by atoms with Gasteiger partial charge in [0, 0.05) is 24.2 Å². The van der Waals surface area contributed by atoms with Crippen molar-refractivity contribution >= 4 is 16.9 Å². The Balaban J connectivity index is 1.75. The number of hydrogen-bond acceptors (Lipinski definition) is 6. The fourth-order valence-electron chi connectivity index (χ4n) is 5.05. The van der Waals surface area contributed by atoms with Crippen molar-refractivity contribution < 1.29 is 19.0 Å². The van der Waals surface area contributed by atoms with E-state index in [0.717, 1.165) is 0 Å². The Labute approximate surface area is 191 Å². The average Bonchev–Trinajstić information content (AvgIpc) is 3.41. The smallest absolute Gasteiger partial charge is 0.343 e. The minimum Gasteiger partial charge on any atom is -0.458 e. The van der Waals surface area contributed by atoms with Crippen LogP contribution in [0.4, 0.5) is 4.39 Å². The third-order valence-corrected chi connectivity index (χ3v) is 6.79. The highest BCUT2D eigenvalue weighted by molar-refractivity contribution is 5.89. The van der Waals surface area contributed by atoms with Crippen LogP contribution < -0.4 is 11.0 Å². The van der Waals surface area contributed by atoms with Crippen molar-refractivity contribution in [1.82, 2.24) is 18.9 Å². The summed E-state index contributed by atoms with van der Waals surface area (Å²) in [6.45, 7) is 1.43. The maximum absolute atomic E-state index is 14.2. The minimum absolute atomic E-state index is 0.00255. The third-order valence-electron chi connectivity index (χ3n) is 6.79. The van der Waals surface area contributed by atoms with Crippen LogP contribution in [0.2, 0.25) is 0 Å². The molecular weight excluding hydrogens is 443 g/mol. The summed E-state index contributed by atoms with van der Waals surface area (Å²) in [6, 6.07) is 5.49.